The lowest BCUT2D eigenvalue weighted by Gasteiger charge is -2.28. The minimum Gasteiger partial charge on any atom is -0.373 e. The van der Waals surface area contributed by atoms with Crippen LogP contribution in [0.25, 0.3) is 0 Å². The maximum absolute atomic E-state index is 12.3. The van der Waals surface area contributed by atoms with Crippen molar-refractivity contribution in [3.63, 3.8) is 0 Å². The third-order valence-corrected chi connectivity index (χ3v) is 4.45. The molecule has 1 atom stereocenters. The van der Waals surface area contributed by atoms with E-state index in [1.54, 1.807) is 0 Å². The molecule has 0 saturated heterocycles. The molecule has 2 N–H and O–H groups in total. The van der Waals surface area contributed by atoms with Crippen molar-refractivity contribution < 1.29 is 4.79 Å². The molecule has 1 aromatic rings. The van der Waals surface area contributed by atoms with Crippen LogP contribution in [-0.4, -0.2) is 18.0 Å². The van der Waals surface area contributed by atoms with E-state index in [4.69, 9.17) is 0 Å². The third kappa shape index (κ3) is 2.75. The highest BCUT2D eigenvalue weighted by Gasteiger charge is 2.28. The standard InChI is InChI=1S/C16H22N2O/c1-11-6-8-13(9-7-11)17-16(19)15-10-12-4-2-3-5-14(12)18-15/h2-5,11,13,15,18H,6-10H2,1H3,(H,17,19)/t11?,13?,15-/m0/s1. The Morgan fingerprint density at radius 2 is 1.95 bits per heavy atom. The zero-order valence-electron chi connectivity index (χ0n) is 11.5. The van der Waals surface area contributed by atoms with E-state index in [1.165, 1.54) is 18.4 Å². The maximum atomic E-state index is 12.3. The number of fused-ring (bicyclic) bond motifs is 1. The SMILES string of the molecule is CC1CCC(NC(=O)[C@@H]2Cc3ccccc3N2)CC1. The molecule has 0 unspecified atom stereocenters. The molecule has 0 aromatic heterocycles. The number of carbonyl (C=O) groups excluding carboxylic acids is 1. The fourth-order valence-corrected chi connectivity index (χ4v) is 3.16. The molecule has 1 aliphatic carbocycles. The van der Waals surface area contributed by atoms with E-state index in [0.717, 1.165) is 30.9 Å². The highest BCUT2D eigenvalue weighted by Crippen LogP contribution is 2.26. The lowest BCUT2D eigenvalue weighted by molar-refractivity contribution is -0.122. The van der Waals surface area contributed by atoms with Crippen molar-refractivity contribution >= 4 is 11.6 Å². The number of hydrogen-bond acceptors (Lipinski definition) is 2. The van der Waals surface area contributed by atoms with Crippen molar-refractivity contribution in [2.24, 2.45) is 5.92 Å². The molecule has 3 rings (SSSR count). The molecule has 1 aliphatic heterocycles. The van der Waals surface area contributed by atoms with Gasteiger partial charge >= 0.3 is 0 Å². The Morgan fingerprint density at radius 1 is 1.21 bits per heavy atom. The van der Waals surface area contributed by atoms with Gasteiger partial charge in [0.1, 0.15) is 6.04 Å². The summed E-state index contributed by atoms with van der Waals surface area (Å²) in [5.41, 5.74) is 2.36. The molecule has 102 valence electrons. The van der Waals surface area contributed by atoms with Crippen LogP contribution in [0, 0.1) is 5.92 Å². The summed E-state index contributed by atoms with van der Waals surface area (Å²) in [6.45, 7) is 2.30. The summed E-state index contributed by atoms with van der Waals surface area (Å²) in [6.07, 6.45) is 5.55. The summed E-state index contributed by atoms with van der Waals surface area (Å²) >= 11 is 0. The Kier molecular flexibility index (Phi) is 3.45. The normalized spacial score (nSPS) is 29.4. The summed E-state index contributed by atoms with van der Waals surface area (Å²) in [5.74, 6) is 0.984. The number of amides is 1. The smallest absolute Gasteiger partial charge is 0.243 e. The quantitative estimate of drug-likeness (QED) is 0.856. The first-order chi connectivity index (χ1) is 9.22. The van der Waals surface area contributed by atoms with Crippen LogP contribution in [0.4, 0.5) is 5.69 Å². The molecule has 3 nitrogen and oxygen atoms in total. The minimum atomic E-state index is -0.0863. The highest BCUT2D eigenvalue weighted by atomic mass is 16.2. The van der Waals surface area contributed by atoms with Gasteiger partial charge in [-0.1, -0.05) is 25.1 Å². The van der Waals surface area contributed by atoms with Gasteiger partial charge in [-0.25, -0.2) is 0 Å². The van der Waals surface area contributed by atoms with Crippen molar-refractivity contribution in [3.8, 4) is 0 Å². The van der Waals surface area contributed by atoms with Crippen molar-refractivity contribution in [2.45, 2.75) is 51.1 Å². The summed E-state index contributed by atoms with van der Waals surface area (Å²) in [7, 11) is 0. The van der Waals surface area contributed by atoms with Gasteiger partial charge in [-0.2, -0.15) is 0 Å². The molecule has 1 aromatic carbocycles. The van der Waals surface area contributed by atoms with Crippen molar-refractivity contribution in [1.82, 2.24) is 5.32 Å². The van der Waals surface area contributed by atoms with Crippen molar-refractivity contribution in [3.05, 3.63) is 29.8 Å². The molecule has 3 heteroatoms. The van der Waals surface area contributed by atoms with Gasteiger partial charge in [0.05, 0.1) is 0 Å². The average molecular weight is 258 g/mol. The van der Waals surface area contributed by atoms with E-state index in [2.05, 4.69) is 23.6 Å². The number of para-hydroxylation sites is 1. The second-order valence-electron chi connectivity index (χ2n) is 6.02. The second kappa shape index (κ2) is 5.24. The van der Waals surface area contributed by atoms with Gasteiger partial charge in [-0.15, -0.1) is 0 Å². The summed E-state index contributed by atoms with van der Waals surface area (Å²) in [5, 5.41) is 6.54. The molecule has 0 bridgehead atoms. The molecule has 1 fully saturated rings. The van der Waals surface area contributed by atoms with Crippen LogP contribution in [0.1, 0.15) is 38.2 Å². The average Bonchev–Trinajstić information content (AvgIpc) is 2.85. The molecular weight excluding hydrogens is 236 g/mol. The molecule has 1 heterocycles. The molecule has 19 heavy (non-hydrogen) atoms. The molecular formula is C16H22N2O. The number of hydrogen-bond donors (Lipinski definition) is 2. The third-order valence-electron chi connectivity index (χ3n) is 4.45. The summed E-state index contributed by atoms with van der Waals surface area (Å²) in [6, 6.07) is 8.48. The van der Waals surface area contributed by atoms with Gasteiger partial charge in [0.15, 0.2) is 0 Å². The molecule has 0 spiro atoms. The maximum Gasteiger partial charge on any atom is 0.243 e. The highest BCUT2D eigenvalue weighted by molar-refractivity contribution is 5.87. The van der Waals surface area contributed by atoms with Crippen LogP contribution in [0.5, 0.6) is 0 Å². The minimum absolute atomic E-state index is 0.0863. The summed E-state index contributed by atoms with van der Waals surface area (Å²) < 4.78 is 0. The van der Waals surface area contributed by atoms with Crippen LogP contribution in [-0.2, 0) is 11.2 Å². The lowest BCUT2D eigenvalue weighted by atomic mass is 9.87. The number of benzene rings is 1. The largest absolute Gasteiger partial charge is 0.373 e. The van der Waals surface area contributed by atoms with E-state index in [1.807, 2.05) is 18.2 Å². The van der Waals surface area contributed by atoms with E-state index in [-0.39, 0.29) is 11.9 Å². The van der Waals surface area contributed by atoms with E-state index in [9.17, 15) is 4.79 Å². The van der Waals surface area contributed by atoms with E-state index < -0.39 is 0 Å². The zero-order chi connectivity index (χ0) is 13.2. The molecule has 1 saturated carbocycles. The number of carbonyl (C=O) groups is 1. The molecule has 2 aliphatic rings. The van der Waals surface area contributed by atoms with Crippen molar-refractivity contribution in [1.29, 1.82) is 0 Å². The Morgan fingerprint density at radius 3 is 2.68 bits per heavy atom. The Hall–Kier alpha value is -1.51. The van der Waals surface area contributed by atoms with Crippen LogP contribution < -0.4 is 10.6 Å². The van der Waals surface area contributed by atoms with Crippen molar-refractivity contribution in [2.75, 3.05) is 5.32 Å². The van der Waals surface area contributed by atoms with Crippen LogP contribution in [0.2, 0.25) is 0 Å². The van der Waals surface area contributed by atoms with Gasteiger partial charge in [-0.05, 0) is 43.2 Å². The molecule has 0 radical (unpaired) electrons. The van der Waals surface area contributed by atoms with Gasteiger partial charge in [0.2, 0.25) is 5.91 Å². The fraction of sp³-hybridized carbons (Fsp3) is 0.562. The second-order valence-corrected chi connectivity index (χ2v) is 6.02. The lowest BCUT2D eigenvalue weighted by Crippen LogP contribution is -2.45. The number of nitrogens with one attached hydrogen (secondary N) is 2. The Balaban J connectivity index is 1.55. The van der Waals surface area contributed by atoms with Gasteiger partial charge in [0, 0.05) is 18.2 Å². The zero-order valence-corrected chi connectivity index (χ0v) is 11.5. The fourth-order valence-electron chi connectivity index (χ4n) is 3.16. The first-order valence-electron chi connectivity index (χ1n) is 7.37. The van der Waals surface area contributed by atoms with E-state index >= 15 is 0 Å². The predicted molar refractivity (Wildman–Crippen MR) is 77.1 cm³/mol. The Bertz CT molecular complexity index is 439. The van der Waals surface area contributed by atoms with Crippen LogP contribution in [0.15, 0.2) is 24.3 Å². The van der Waals surface area contributed by atoms with Gasteiger partial charge < -0.3 is 10.6 Å². The predicted octanol–water partition coefficient (Wildman–Crippen LogP) is 2.72. The van der Waals surface area contributed by atoms with E-state index in [0.29, 0.717) is 6.04 Å². The topological polar surface area (TPSA) is 41.1 Å². The summed E-state index contributed by atoms with van der Waals surface area (Å²) in [4.78, 5) is 12.3. The van der Waals surface area contributed by atoms with Crippen LogP contribution in [0.3, 0.4) is 0 Å². The van der Waals surface area contributed by atoms with Crippen LogP contribution >= 0.6 is 0 Å². The van der Waals surface area contributed by atoms with Gasteiger partial charge in [0.25, 0.3) is 0 Å². The van der Waals surface area contributed by atoms with Gasteiger partial charge in [-0.3, -0.25) is 4.79 Å². The number of rotatable bonds is 2. The monoisotopic (exact) mass is 258 g/mol. The molecule has 1 amide bonds. The first-order valence-corrected chi connectivity index (χ1v) is 7.37. The Labute approximate surface area is 114 Å². The first kappa shape index (κ1) is 12.5. The number of anilines is 1.